The first-order valence-electron chi connectivity index (χ1n) is 8.28. The summed E-state index contributed by atoms with van der Waals surface area (Å²) in [6.45, 7) is 1.26. The number of nitrogens with one attached hydrogen (secondary N) is 2. The summed E-state index contributed by atoms with van der Waals surface area (Å²) in [6.07, 6.45) is 2.10. The van der Waals surface area contributed by atoms with Crippen molar-refractivity contribution in [3.8, 4) is 0 Å². The van der Waals surface area contributed by atoms with Crippen LogP contribution in [-0.2, 0) is 4.74 Å². The predicted molar refractivity (Wildman–Crippen MR) is 102 cm³/mol. The van der Waals surface area contributed by atoms with Gasteiger partial charge in [0.25, 0.3) is 11.8 Å². The molecule has 2 aromatic carbocycles. The Labute approximate surface area is 161 Å². The molecule has 3 rings (SSSR count). The van der Waals surface area contributed by atoms with Crippen LogP contribution >= 0.6 is 23.2 Å². The monoisotopic (exact) mass is 392 g/mol. The summed E-state index contributed by atoms with van der Waals surface area (Å²) in [5.41, 5.74) is 1.45. The zero-order valence-corrected chi connectivity index (χ0v) is 15.4. The molecule has 2 N–H and O–H groups in total. The minimum Gasteiger partial charge on any atom is -0.376 e. The van der Waals surface area contributed by atoms with Gasteiger partial charge in [-0.05, 0) is 55.3 Å². The number of hydrogen-bond donors (Lipinski definition) is 2. The fourth-order valence-corrected chi connectivity index (χ4v) is 3.23. The normalized spacial score (nSPS) is 16.3. The number of benzene rings is 2. The Morgan fingerprint density at radius 3 is 2.31 bits per heavy atom. The van der Waals surface area contributed by atoms with Gasteiger partial charge in [-0.15, -0.1) is 0 Å². The number of halogens is 2. The number of hydrogen-bond acceptors (Lipinski definition) is 3. The molecular weight excluding hydrogens is 375 g/mol. The minimum atomic E-state index is -0.329. The molecule has 2 amide bonds. The molecule has 5 nitrogen and oxygen atoms in total. The molecule has 1 atom stereocenters. The summed E-state index contributed by atoms with van der Waals surface area (Å²) < 4.78 is 5.48. The fourth-order valence-electron chi connectivity index (χ4n) is 2.71. The van der Waals surface area contributed by atoms with Gasteiger partial charge >= 0.3 is 0 Å². The van der Waals surface area contributed by atoms with Gasteiger partial charge in [0.15, 0.2) is 0 Å². The van der Waals surface area contributed by atoms with Gasteiger partial charge in [-0.2, -0.15) is 0 Å². The highest BCUT2D eigenvalue weighted by atomic mass is 35.5. The van der Waals surface area contributed by atoms with E-state index in [0.717, 1.165) is 19.4 Å². The van der Waals surface area contributed by atoms with Crippen LogP contribution in [0.3, 0.4) is 0 Å². The summed E-state index contributed by atoms with van der Waals surface area (Å²) in [4.78, 5) is 24.4. The quantitative estimate of drug-likeness (QED) is 0.802. The molecule has 136 valence electrons. The highest BCUT2D eigenvalue weighted by Crippen LogP contribution is 2.20. The summed E-state index contributed by atoms with van der Waals surface area (Å²) in [5, 5.41) is 6.39. The predicted octanol–water partition coefficient (Wildman–Crippen LogP) is 4.15. The Hall–Kier alpha value is -2.08. The van der Waals surface area contributed by atoms with E-state index in [-0.39, 0.29) is 17.9 Å². The topological polar surface area (TPSA) is 67.4 Å². The Morgan fingerprint density at radius 1 is 1.00 bits per heavy atom. The van der Waals surface area contributed by atoms with Crippen LogP contribution in [0, 0.1) is 0 Å². The van der Waals surface area contributed by atoms with Gasteiger partial charge in [-0.25, -0.2) is 0 Å². The second-order valence-electron chi connectivity index (χ2n) is 6.03. The molecule has 1 saturated heterocycles. The van der Waals surface area contributed by atoms with E-state index in [1.54, 1.807) is 30.3 Å². The largest absolute Gasteiger partial charge is 0.376 e. The lowest BCUT2D eigenvalue weighted by Crippen LogP contribution is -2.31. The molecule has 7 heteroatoms. The molecular formula is C19H18Cl2N2O3. The summed E-state index contributed by atoms with van der Waals surface area (Å²) in [5.74, 6) is -0.495. The van der Waals surface area contributed by atoms with Crippen LogP contribution in [0.25, 0.3) is 0 Å². The average Bonchev–Trinajstić information content (AvgIpc) is 3.13. The zero-order chi connectivity index (χ0) is 18.5. The van der Waals surface area contributed by atoms with Crippen LogP contribution < -0.4 is 10.6 Å². The van der Waals surface area contributed by atoms with E-state index in [2.05, 4.69) is 10.6 Å². The first-order valence-corrected chi connectivity index (χ1v) is 9.04. The van der Waals surface area contributed by atoms with Crippen molar-refractivity contribution in [1.29, 1.82) is 0 Å². The third-order valence-corrected chi connectivity index (χ3v) is 4.48. The smallest absolute Gasteiger partial charge is 0.255 e. The van der Waals surface area contributed by atoms with Crippen molar-refractivity contribution in [2.75, 3.05) is 18.5 Å². The van der Waals surface area contributed by atoms with Crippen LogP contribution in [0.5, 0.6) is 0 Å². The van der Waals surface area contributed by atoms with Crippen molar-refractivity contribution in [3.63, 3.8) is 0 Å². The first-order chi connectivity index (χ1) is 12.5. The maximum absolute atomic E-state index is 12.3. The van der Waals surface area contributed by atoms with E-state index in [9.17, 15) is 9.59 Å². The summed E-state index contributed by atoms with van der Waals surface area (Å²) in [7, 11) is 0. The Balaban J connectivity index is 1.58. The lowest BCUT2D eigenvalue weighted by atomic mass is 10.1. The highest BCUT2D eigenvalue weighted by Gasteiger charge is 2.16. The van der Waals surface area contributed by atoms with Gasteiger partial charge in [0, 0.05) is 40.0 Å². The van der Waals surface area contributed by atoms with Crippen LogP contribution in [0.2, 0.25) is 10.0 Å². The maximum atomic E-state index is 12.3. The van der Waals surface area contributed by atoms with Crippen molar-refractivity contribution >= 4 is 40.7 Å². The van der Waals surface area contributed by atoms with E-state index >= 15 is 0 Å². The fraction of sp³-hybridized carbons (Fsp3) is 0.263. The molecule has 0 bridgehead atoms. The van der Waals surface area contributed by atoms with E-state index in [4.69, 9.17) is 27.9 Å². The molecule has 1 fully saturated rings. The molecule has 1 unspecified atom stereocenters. The Morgan fingerprint density at radius 2 is 1.69 bits per heavy atom. The Bertz CT molecular complexity index is 783. The van der Waals surface area contributed by atoms with Crippen molar-refractivity contribution in [3.05, 3.63) is 63.6 Å². The standard InChI is InChI=1S/C19H18Cl2N2O3/c20-14-8-13(9-15(21)10-14)19(25)23-16-5-3-12(4-6-16)18(24)22-11-17-2-1-7-26-17/h3-6,8-10,17H,1-2,7,11H2,(H,22,24)(H,23,25). The number of ether oxygens (including phenoxy) is 1. The zero-order valence-electron chi connectivity index (χ0n) is 13.9. The molecule has 2 aromatic rings. The number of rotatable bonds is 5. The van der Waals surface area contributed by atoms with Gasteiger partial charge in [-0.1, -0.05) is 23.2 Å². The summed E-state index contributed by atoms with van der Waals surface area (Å²) in [6, 6.07) is 11.3. The second-order valence-corrected chi connectivity index (χ2v) is 6.91. The van der Waals surface area contributed by atoms with E-state index < -0.39 is 0 Å². The molecule has 1 aliphatic heterocycles. The van der Waals surface area contributed by atoms with Gasteiger partial charge in [0.05, 0.1) is 6.10 Å². The number of anilines is 1. The maximum Gasteiger partial charge on any atom is 0.255 e. The SMILES string of the molecule is O=C(NCC1CCCO1)c1ccc(NC(=O)c2cc(Cl)cc(Cl)c2)cc1. The Kier molecular flexibility index (Phi) is 6.14. The second kappa shape index (κ2) is 8.54. The molecule has 0 aliphatic carbocycles. The van der Waals surface area contributed by atoms with Crippen molar-refractivity contribution in [1.82, 2.24) is 5.32 Å². The number of carbonyl (C=O) groups is 2. The van der Waals surface area contributed by atoms with Crippen molar-refractivity contribution in [2.24, 2.45) is 0 Å². The highest BCUT2D eigenvalue weighted by molar-refractivity contribution is 6.35. The lowest BCUT2D eigenvalue weighted by Gasteiger charge is -2.11. The summed E-state index contributed by atoms with van der Waals surface area (Å²) >= 11 is 11.8. The van der Waals surface area contributed by atoms with Crippen molar-refractivity contribution < 1.29 is 14.3 Å². The van der Waals surface area contributed by atoms with E-state index in [1.807, 2.05) is 0 Å². The first kappa shape index (κ1) is 18.7. The molecule has 1 aliphatic rings. The molecule has 0 saturated carbocycles. The third kappa shape index (κ3) is 4.97. The lowest BCUT2D eigenvalue weighted by molar-refractivity contribution is 0.0857. The minimum absolute atomic E-state index is 0.0991. The van der Waals surface area contributed by atoms with Crippen LogP contribution in [0.15, 0.2) is 42.5 Å². The van der Waals surface area contributed by atoms with Crippen LogP contribution in [0.4, 0.5) is 5.69 Å². The van der Waals surface area contributed by atoms with E-state index in [0.29, 0.717) is 33.4 Å². The molecule has 1 heterocycles. The van der Waals surface area contributed by atoms with Gasteiger partial charge in [-0.3, -0.25) is 9.59 Å². The third-order valence-electron chi connectivity index (χ3n) is 4.04. The molecule has 0 radical (unpaired) electrons. The van der Waals surface area contributed by atoms with Gasteiger partial charge in [0.1, 0.15) is 0 Å². The van der Waals surface area contributed by atoms with E-state index in [1.165, 1.54) is 12.1 Å². The van der Waals surface area contributed by atoms with Gasteiger partial charge in [0.2, 0.25) is 0 Å². The number of amides is 2. The average molecular weight is 393 g/mol. The van der Waals surface area contributed by atoms with Gasteiger partial charge < -0.3 is 15.4 Å². The van der Waals surface area contributed by atoms with Crippen molar-refractivity contribution in [2.45, 2.75) is 18.9 Å². The molecule has 0 spiro atoms. The molecule has 0 aromatic heterocycles. The van der Waals surface area contributed by atoms with Crippen LogP contribution in [0.1, 0.15) is 33.6 Å². The number of carbonyl (C=O) groups excluding carboxylic acids is 2. The van der Waals surface area contributed by atoms with Crippen LogP contribution in [-0.4, -0.2) is 31.1 Å². The molecule has 26 heavy (non-hydrogen) atoms.